The number of hydrogen-bond donors (Lipinski definition) is 2. The van der Waals surface area contributed by atoms with Crippen molar-refractivity contribution >= 4 is 11.7 Å². The molecule has 0 saturated carbocycles. The minimum atomic E-state index is 0.863. The smallest absolute Gasteiger partial charge is 0.155 e. The summed E-state index contributed by atoms with van der Waals surface area (Å²) in [4.78, 5) is 14.0. The van der Waals surface area contributed by atoms with Crippen LogP contribution in [0, 0.1) is 0 Å². The molecule has 1 aromatic rings. The summed E-state index contributed by atoms with van der Waals surface area (Å²) in [6.45, 7) is 2.18. The first-order valence-corrected chi connectivity index (χ1v) is 5.30. The lowest BCUT2D eigenvalue weighted by Gasteiger charge is -2.19. The van der Waals surface area contributed by atoms with Crippen molar-refractivity contribution in [2.24, 2.45) is 4.99 Å². The van der Waals surface area contributed by atoms with Gasteiger partial charge in [0, 0.05) is 27.2 Å². The van der Waals surface area contributed by atoms with E-state index in [0.29, 0.717) is 0 Å². The van der Waals surface area contributed by atoms with Crippen LogP contribution in [-0.2, 0) is 0 Å². The molecule has 0 radical (unpaired) electrons. The molecule has 82 valence electrons. The van der Waals surface area contributed by atoms with Crippen molar-refractivity contribution in [3.8, 4) is 0 Å². The van der Waals surface area contributed by atoms with E-state index >= 15 is 0 Å². The van der Waals surface area contributed by atoms with Gasteiger partial charge in [-0.05, 0) is 12.8 Å². The number of likely N-dealkylation sites (tertiary alicyclic amines) is 1. The van der Waals surface area contributed by atoms with Crippen molar-refractivity contribution in [1.29, 1.82) is 0 Å². The van der Waals surface area contributed by atoms with E-state index in [2.05, 4.69) is 25.2 Å². The van der Waals surface area contributed by atoms with E-state index in [1.165, 1.54) is 12.8 Å². The third-order valence-corrected chi connectivity index (χ3v) is 2.72. The summed E-state index contributed by atoms with van der Waals surface area (Å²) in [6, 6.07) is 0. The van der Waals surface area contributed by atoms with Crippen LogP contribution >= 0.6 is 0 Å². The van der Waals surface area contributed by atoms with E-state index in [9.17, 15) is 0 Å². The highest BCUT2D eigenvalue weighted by Gasteiger charge is 2.20. The molecule has 1 saturated heterocycles. The molecule has 0 bridgehead atoms. The van der Waals surface area contributed by atoms with Gasteiger partial charge >= 0.3 is 0 Å². The van der Waals surface area contributed by atoms with Crippen molar-refractivity contribution < 1.29 is 0 Å². The Balaban J connectivity index is 2.26. The third-order valence-electron chi connectivity index (χ3n) is 2.72. The zero-order chi connectivity index (χ0) is 10.7. The predicted octanol–water partition coefficient (Wildman–Crippen LogP) is 0.924. The van der Waals surface area contributed by atoms with E-state index in [4.69, 9.17) is 0 Å². The second-order valence-corrected chi connectivity index (χ2v) is 3.62. The van der Waals surface area contributed by atoms with Crippen LogP contribution in [0.4, 0.5) is 5.82 Å². The molecule has 1 aliphatic rings. The first kappa shape index (κ1) is 10.0. The number of imidazole rings is 1. The summed E-state index contributed by atoms with van der Waals surface area (Å²) >= 11 is 0. The van der Waals surface area contributed by atoms with Crippen molar-refractivity contribution in [2.45, 2.75) is 12.8 Å². The molecule has 0 amide bonds. The van der Waals surface area contributed by atoms with Crippen LogP contribution in [0.2, 0.25) is 0 Å². The molecule has 0 spiro atoms. The van der Waals surface area contributed by atoms with Crippen molar-refractivity contribution in [3.05, 3.63) is 12.0 Å². The zero-order valence-corrected chi connectivity index (χ0v) is 9.25. The Morgan fingerprint density at radius 3 is 2.87 bits per heavy atom. The van der Waals surface area contributed by atoms with Gasteiger partial charge in [-0.1, -0.05) is 0 Å². The lowest BCUT2D eigenvalue weighted by Crippen LogP contribution is -2.29. The number of amidine groups is 1. The molecule has 15 heavy (non-hydrogen) atoms. The van der Waals surface area contributed by atoms with Gasteiger partial charge in [-0.25, -0.2) is 4.98 Å². The van der Waals surface area contributed by atoms with Crippen LogP contribution in [0.15, 0.2) is 11.3 Å². The van der Waals surface area contributed by atoms with E-state index in [1.807, 2.05) is 14.1 Å². The number of nitrogens with zero attached hydrogens (tertiary/aromatic N) is 3. The Morgan fingerprint density at radius 2 is 2.27 bits per heavy atom. The van der Waals surface area contributed by atoms with E-state index in [0.717, 1.165) is 30.4 Å². The maximum absolute atomic E-state index is 4.35. The van der Waals surface area contributed by atoms with Gasteiger partial charge in [-0.2, -0.15) is 0 Å². The second kappa shape index (κ2) is 4.33. The normalized spacial score (nSPS) is 17.2. The van der Waals surface area contributed by atoms with Crippen LogP contribution in [0.3, 0.4) is 0 Å². The van der Waals surface area contributed by atoms with Crippen LogP contribution < -0.4 is 5.32 Å². The second-order valence-electron chi connectivity index (χ2n) is 3.62. The number of aliphatic imine (C=N–C) groups is 1. The number of aromatic amines is 1. The van der Waals surface area contributed by atoms with Crippen molar-refractivity contribution in [1.82, 2.24) is 14.9 Å². The molecule has 1 aromatic heterocycles. The first-order chi connectivity index (χ1) is 7.36. The van der Waals surface area contributed by atoms with Gasteiger partial charge in [0.25, 0.3) is 0 Å². The molecule has 0 aliphatic carbocycles. The van der Waals surface area contributed by atoms with Crippen molar-refractivity contribution in [3.63, 3.8) is 0 Å². The average Bonchev–Trinajstić information content (AvgIpc) is 2.89. The number of anilines is 1. The van der Waals surface area contributed by atoms with Gasteiger partial charge in [0.1, 0.15) is 5.69 Å². The Kier molecular flexibility index (Phi) is 2.89. The van der Waals surface area contributed by atoms with E-state index < -0.39 is 0 Å². The number of hydrogen-bond acceptors (Lipinski definition) is 3. The third kappa shape index (κ3) is 1.82. The van der Waals surface area contributed by atoms with Gasteiger partial charge in [0.15, 0.2) is 11.7 Å². The molecule has 5 heteroatoms. The Labute approximate surface area is 89.6 Å². The lowest BCUT2D eigenvalue weighted by molar-refractivity contribution is 0.518. The number of aromatic nitrogens is 2. The fourth-order valence-electron chi connectivity index (χ4n) is 1.99. The summed E-state index contributed by atoms with van der Waals surface area (Å²) in [5.41, 5.74) is 0.988. The minimum absolute atomic E-state index is 0.863. The molecule has 0 aromatic carbocycles. The highest BCUT2D eigenvalue weighted by atomic mass is 15.2. The molecular weight excluding hydrogens is 190 g/mol. The monoisotopic (exact) mass is 207 g/mol. The molecule has 5 nitrogen and oxygen atoms in total. The van der Waals surface area contributed by atoms with E-state index in [-0.39, 0.29) is 0 Å². The lowest BCUT2D eigenvalue weighted by atomic mass is 10.3. The average molecular weight is 207 g/mol. The Hall–Kier alpha value is -1.52. The molecule has 0 unspecified atom stereocenters. The largest absolute Gasteiger partial charge is 0.371 e. The topological polar surface area (TPSA) is 56.3 Å². The highest BCUT2D eigenvalue weighted by Crippen LogP contribution is 2.16. The highest BCUT2D eigenvalue weighted by molar-refractivity contribution is 6.01. The Bertz CT molecular complexity index is 348. The van der Waals surface area contributed by atoms with Gasteiger partial charge < -0.3 is 15.2 Å². The fourth-order valence-corrected chi connectivity index (χ4v) is 1.99. The molecule has 0 atom stereocenters. The van der Waals surface area contributed by atoms with Gasteiger partial charge in [-0.3, -0.25) is 4.99 Å². The fraction of sp³-hybridized carbons (Fsp3) is 0.600. The summed E-state index contributed by atoms with van der Waals surface area (Å²) < 4.78 is 0. The van der Waals surface area contributed by atoms with Gasteiger partial charge in [0.05, 0.1) is 6.33 Å². The van der Waals surface area contributed by atoms with Crippen LogP contribution in [0.25, 0.3) is 0 Å². The summed E-state index contributed by atoms with van der Waals surface area (Å²) in [5.74, 6) is 1.87. The molecule has 2 N–H and O–H groups in total. The molecule has 2 heterocycles. The Morgan fingerprint density at radius 1 is 1.53 bits per heavy atom. The molecule has 1 aliphatic heterocycles. The quantitative estimate of drug-likeness (QED) is 0.560. The molecular formula is C10H17N5. The maximum atomic E-state index is 4.35. The van der Waals surface area contributed by atoms with Gasteiger partial charge in [-0.15, -0.1) is 0 Å². The summed E-state index contributed by atoms with van der Waals surface area (Å²) in [5, 5.41) is 3.06. The van der Waals surface area contributed by atoms with Crippen LogP contribution in [-0.4, -0.2) is 47.9 Å². The number of rotatable bonds is 2. The minimum Gasteiger partial charge on any atom is -0.371 e. The maximum Gasteiger partial charge on any atom is 0.155 e. The van der Waals surface area contributed by atoms with Crippen LogP contribution in [0.5, 0.6) is 0 Å². The first-order valence-electron chi connectivity index (χ1n) is 5.30. The summed E-state index contributed by atoms with van der Waals surface area (Å²) in [6.07, 6.45) is 4.20. The van der Waals surface area contributed by atoms with Crippen molar-refractivity contribution in [2.75, 3.05) is 32.5 Å². The van der Waals surface area contributed by atoms with Gasteiger partial charge in [0.2, 0.25) is 0 Å². The number of nitrogens with one attached hydrogen (secondary N) is 2. The van der Waals surface area contributed by atoms with E-state index in [1.54, 1.807) is 6.33 Å². The number of H-pyrrole nitrogens is 1. The predicted molar refractivity (Wildman–Crippen MR) is 61.4 cm³/mol. The molecule has 2 rings (SSSR count). The standard InChI is InChI=1S/C10H17N5/c1-11-9-8(13-7-14-9)10(12-2)15-5-3-4-6-15/h7,11H,3-6H2,1-2H3,(H,13,14). The zero-order valence-electron chi connectivity index (χ0n) is 9.25. The SMILES string of the molecule is CN=C(c1[nH]cnc1NC)N1CCCC1. The molecule has 1 fully saturated rings. The van der Waals surface area contributed by atoms with Crippen LogP contribution in [0.1, 0.15) is 18.5 Å². The summed E-state index contributed by atoms with van der Waals surface area (Å²) in [7, 11) is 3.70.